The minimum atomic E-state index is -4.88. The number of nitrogens with zero attached hydrogens (tertiary/aromatic N) is 1. The summed E-state index contributed by atoms with van der Waals surface area (Å²) in [6, 6.07) is 0. The maximum atomic E-state index is 11.8. The van der Waals surface area contributed by atoms with Crippen molar-refractivity contribution < 1.29 is 22.7 Å². The van der Waals surface area contributed by atoms with E-state index in [0.717, 1.165) is 16.7 Å². The van der Waals surface area contributed by atoms with E-state index in [1.165, 1.54) is 7.11 Å². The fraction of sp³-hybridized carbons (Fsp3) is 0.333. The normalized spacial score (nSPS) is 11.4. The van der Waals surface area contributed by atoms with Gasteiger partial charge in [0.25, 0.3) is 11.0 Å². The predicted octanol–water partition coefficient (Wildman–Crippen LogP) is 1.90. The molecule has 1 aromatic heterocycles. The Kier molecular flexibility index (Phi) is 2.55. The summed E-state index contributed by atoms with van der Waals surface area (Å²) in [4.78, 5) is 13.9. The van der Waals surface area contributed by atoms with Crippen LogP contribution in [0.3, 0.4) is 0 Å². The van der Waals surface area contributed by atoms with Gasteiger partial charge in [-0.05, 0) is 0 Å². The van der Waals surface area contributed by atoms with Crippen LogP contribution in [0.1, 0.15) is 10.5 Å². The first kappa shape index (κ1) is 9.97. The van der Waals surface area contributed by atoms with E-state index in [4.69, 9.17) is 0 Å². The van der Waals surface area contributed by atoms with Gasteiger partial charge in [0.1, 0.15) is 5.69 Å². The van der Waals surface area contributed by atoms with Gasteiger partial charge in [-0.3, -0.25) is 4.79 Å². The zero-order valence-corrected chi connectivity index (χ0v) is 7.20. The van der Waals surface area contributed by atoms with Crippen molar-refractivity contribution >= 4 is 17.1 Å². The summed E-state index contributed by atoms with van der Waals surface area (Å²) >= 11 is 0.840. The average molecular weight is 211 g/mol. The maximum absolute atomic E-state index is 11.8. The summed E-state index contributed by atoms with van der Waals surface area (Å²) in [5.41, 5.74) is -0.630. The number of aromatic nitrogens is 1. The standard InChI is InChI=1S/C6H4F3NO2S/c1-12-5-10-3(2-13-5)4(11)6(7,8)9/h2H,1H3. The number of carbonyl (C=O) groups excluding carboxylic acids is 1. The molecule has 0 aromatic carbocycles. The van der Waals surface area contributed by atoms with E-state index in [0.29, 0.717) is 0 Å². The molecule has 13 heavy (non-hydrogen) atoms. The van der Waals surface area contributed by atoms with Gasteiger partial charge in [0, 0.05) is 5.38 Å². The molecule has 1 rings (SSSR count). The Morgan fingerprint density at radius 2 is 2.23 bits per heavy atom. The van der Waals surface area contributed by atoms with Gasteiger partial charge in [-0.2, -0.15) is 18.2 Å². The first-order valence-corrected chi connectivity index (χ1v) is 3.94. The van der Waals surface area contributed by atoms with Crippen LogP contribution in [0, 0.1) is 0 Å². The Balaban J connectivity index is 2.90. The van der Waals surface area contributed by atoms with E-state index >= 15 is 0 Å². The van der Waals surface area contributed by atoms with Crippen LogP contribution in [0.25, 0.3) is 0 Å². The number of ketones is 1. The van der Waals surface area contributed by atoms with Crippen molar-refractivity contribution in [3.63, 3.8) is 0 Å². The lowest BCUT2D eigenvalue weighted by molar-refractivity contribution is -0.0888. The predicted molar refractivity (Wildman–Crippen MR) is 39.1 cm³/mol. The third-order valence-electron chi connectivity index (χ3n) is 1.15. The van der Waals surface area contributed by atoms with Crippen molar-refractivity contribution in [1.82, 2.24) is 4.98 Å². The Morgan fingerprint density at radius 1 is 1.62 bits per heavy atom. The van der Waals surface area contributed by atoms with Gasteiger partial charge in [0.05, 0.1) is 7.11 Å². The number of Topliss-reactive ketones (excluding diaryl/α,β-unsaturated/α-hetero) is 1. The number of thiazole rings is 1. The summed E-state index contributed by atoms with van der Waals surface area (Å²) < 4.78 is 40.0. The van der Waals surface area contributed by atoms with E-state index in [-0.39, 0.29) is 5.19 Å². The Morgan fingerprint density at radius 3 is 2.62 bits per heavy atom. The number of halogens is 3. The molecule has 0 spiro atoms. The van der Waals surface area contributed by atoms with Crippen LogP contribution in [0.5, 0.6) is 5.19 Å². The molecule has 0 fully saturated rings. The smallest absolute Gasteiger partial charge is 0.456 e. The Hall–Kier alpha value is -1.11. The van der Waals surface area contributed by atoms with Crippen molar-refractivity contribution in [3.8, 4) is 5.19 Å². The highest BCUT2D eigenvalue weighted by molar-refractivity contribution is 7.11. The molecule has 0 saturated carbocycles. The van der Waals surface area contributed by atoms with E-state index in [9.17, 15) is 18.0 Å². The average Bonchev–Trinajstić information content (AvgIpc) is 2.48. The van der Waals surface area contributed by atoms with Crippen molar-refractivity contribution in [2.75, 3.05) is 7.11 Å². The van der Waals surface area contributed by atoms with Gasteiger partial charge in [0.15, 0.2) is 0 Å². The number of rotatable bonds is 2. The van der Waals surface area contributed by atoms with Crippen molar-refractivity contribution in [3.05, 3.63) is 11.1 Å². The second kappa shape index (κ2) is 3.33. The minimum absolute atomic E-state index is 0.0348. The van der Waals surface area contributed by atoms with E-state index in [1.54, 1.807) is 0 Å². The van der Waals surface area contributed by atoms with Gasteiger partial charge in [0.2, 0.25) is 0 Å². The molecule has 0 N–H and O–H groups in total. The minimum Gasteiger partial charge on any atom is -0.473 e. The zero-order chi connectivity index (χ0) is 10.1. The molecule has 0 aliphatic rings. The molecule has 0 radical (unpaired) electrons. The third kappa shape index (κ3) is 2.18. The molecule has 1 heterocycles. The highest BCUT2D eigenvalue weighted by Gasteiger charge is 2.40. The lowest BCUT2D eigenvalue weighted by atomic mass is 10.3. The number of alkyl halides is 3. The van der Waals surface area contributed by atoms with Crippen LogP contribution >= 0.6 is 11.3 Å². The summed E-state index contributed by atoms with van der Waals surface area (Å²) in [5, 5.41) is 1.04. The fourth-order valence-electron chi connectivity index (χ4n) is 0.601. The molecular formula is C6H4F3NO2S. The Bertz CT molecular complexity index is 320. The molecule has 0 saturated heterocycles. The summed E-state index contributed by atoms with van der Waals surface area (Å²) in [7, 11) is 1.26. The summed E-state index contributed by atoms with van der Waals surface area (Å²) in [6.07, 6.45) is -4.88. The van der Waals surface area contributed by atoms with Crippen molar-refractivity contribution in [1.29, 1.82) is 0 Å². The molecule has 7 heteroatoms. The molecule has 0 aliphatic heterocycles. The van der Waals surface area contributed by atoms with Crippen LogP contribution in [0.2, 0.25) is 0 Å². The first-order chi connectivity index (χ1) is 5.95. The van der Waals surface area contributed by atoms with Crippen LogP contribution < -0.4 is 4.74 Å². The Labute approximate surface area is 75.2 Å². The topological polar surface area (TPSA) is 39.2 Å². The van der Waals surface area contributed by atoms with Crippen LogP contribution in [-0.2, 0) is 0 Å². The number of hydrogen-bond acceptors (Lipinski definition) is 4. The third-order valence-corrected chi connectivity index (χ3v) is 1.95. The quantitative estimate of drug-likeness (QED) is 0.701. The van der Waals surface area contributed by atoms with Crippen molar-refractivity contribution in [2.24, 2.45) is 0 Å². The second-order valence-corrected chi connectivity index (χ2v) is 2.85. The van der Waals surface area contributed by atoms with Gasteiger partial charge >= 0.3 is 6.18 Å². The van der Waals surface area contributed by atoms with E-state index < -0.39 is 17.7 Å². The van der Waals surface area contributed by atoms with Crippen LogP contribution in [0.15, 0.2) is 5.38 Å². The first-order valence-electron chi connectivity index (χ1n) is 3.06. The SMILES string of the molecule is COc1nc(C(=O)C(F)(F)F)cs1. The van der Waals surface area contributed by atoms with Gasteiger partial charge < -0.3 is 4.74 Å². The number of carbonyl (C=O) groups is 1. The molecule has 72 valence electrons. The van der Waals surface area contributed by atoms with E-state index in [1.807, 2.05) is 0 Å². The number of ether oxygens (including phenoxy) is 1. The van der Waals surface area contributed by atoms with E-state index in [2.05, 4.69) is 9.72 Å². The number of methoxy groups -OCH3 is 1. The molecule has 0 amide bonds. The summed E-state index contributed by atoms with van der Waals surface area (Å²) in [6.45, 7) is 0. The lowest BCUT2D eigenvalue weighted by Gasteiger charge is -2.00. The molecule has 3 nitrogen and oxygen atoms in total. The lowest BCUT2D eigenvalue weighted by Crippen LogP contribution is -2.22. The molecule has 0 atom stereocenters. The molecule has 0 bridgehead atoms. The molecular weight excluding hydrogens is 207 g/mol. The maximum Gasteiger partial charge on any atom is 0.456 e. The molecule has 1 aromatic rings. The summed E-state index contributed by atoms with van der Waals surface area (Å²) in [5.74, 6) is -1.95. The monoisotopic (exact) mass is 211 g/mol. The largest absolute Gasteiger partial charge is 0.473 e. The highest BCUT2D eigenvalue weighted by Crippen LogP contribution is 2.24. The fourth-order valence-corrected chi connectivity index (χ4v) is 1.22. The van der Waals surface area contributed by atoms with Crippen molar-refractivity contribution in [2.45, 2.75) is 6.18 Å². The second-order valence-electron chi connectivity index (χ2n) is 2.03. The molecule has 0 unspecified atom stereocenters. The van der Waals surface area contributed by atoms with Gasteiger partial charge in [-0.1, -0.05) is 11.3 Å². The van der Waals surface area contributed by atoms with Crippen LogP contribution in [-0.4, -0.2) is 24.1 Å². The zero-order valence-electron chi connectivity index (χ0n) is 6.38. The van der Waals surface area contributed by atoms with Crippen LogP contribution in [0.4, 0.5) is 13.2 Å². The van der Waals surface area contributed by atoms with Gasteiger partial charge in [-0.15, -0.1) is 0 Å². The van der Waals surface area contributed by atoms with Gasteiger partial charge in [-0.25, -0.2) is 0 Å². The molecule has 0 aliphatic carbocycles. The number of hydrogen-bond donors (Lipinski definition) is 0. The highest BCUT2D eigenvalue weighted by atomic mass is 32.1.